The Bertz CT molecular complexity index is 697. The Kier molecular flexibility index (Phi) is 6.06. The van der Waals surface area contributed by atoms with Crippen LogP contribution in [0.2, 0.25) is 0 Å². The van der Waals surface area contributed by atoms with Crippen LogP contribution in [0.3, 0.4) is 0 Å². The molecular formula is C21H32N2O6. The molecule has 2 amide bonds. The Morgan fingerprint density at radius 1 is 1.45 bits per heavy atom. The fourth-order valence-corrected chi connectivity index (χ4v) is 5.57. The van der Waals surface area contributed by atoms with Crippen molar-refractivity contribution >= 4 is 17.8 Å². The predicted octanol–water partition coefficient (Wildman–Crippen LogP) is 1.03. The van der Waals surface area contributed by atoms with Gasteiger partial charge in [0.1, 0.15) is 11.6 Å². The smallest absolute Gasteiger partial charge is 0.310 e. The van der Waals surface area contributed by atoms with E-state index in [4.69, 9.17) is 4.74 Å². The first-order chi connectivity index (χ1) is 13.7. The molecule has 1 spiro atoms. The summed E-state index contributed by atoms with van der Waals surface area (Å²) in [6.45, 7) is 9.45. The second-order valence-electron chi connectivity index (χ2n) is 8.59. The summed E-state index contributed by atoms with van der Waals surface area (Å²) < 4.78 is 6.16. The molecule has 2 N–H and O–H groups in total. The number of aliphatic carboxylic acids is 1. The summed E-state index contributed by atoms with van der Waals surface area (Å²) >= 11 is 0. The molecule has 3 saturated heterocycles. The third kappa shape index (κ3) is 3.17. The quantitative estimate of drug-likeness (QED) is 0.552. The number of likely N-dealkylation sites (tertiary alicyclic amines) is 1. The number of carboxylic acid groups (broad SMARTS) is 1. The Morgan fingerprint density at radius 3 is 2.69 bits per heavy atom. The third-order valence-electron chi connectivity index (χ3n) is 6.84. The van der Waals surface area contributed by atoms with E-state index in [0.717, 1.165) is 12.8 Å². The molecule has 0 aromatic rings. The van der Waals surface area contributed by atoms with Crippen molar-refractivity contribution in [1.29, 1.82) is 0 Å². The van der Waals surface area contributed by atoms with Gasteiger partial charge in [0, 0.05) is 12.6 Å². The first-order valence-electron chi connectivity index (χ1n) is 10.5. The summed E-state index contributed by atoms with van der Waals surface area (Å²) in [5.41, 5.74) is -1.14. The molecule has 2 bridgehead atoms. The molecule has 3 rings (SSSR count). The molecule has 0 radical (unpaired) electrons. The molecule has 8 heteroatoms. The van der Waals surface area contributed by atoms with Gasteiger partial charge in [-0.15, -0.1) is 6.58 Å². The Morgan fingerprint density at radius 2 is 2.14 bits per heavy atom. The number of carboxylic acids is 1. The molecule has 162 valence electrons. The average molecular weight is 408 g/mol. The predicted molar refractivity (Wildman–Crippen MR) is 105 cm³/mol. The van der Waals surface area contributed by atoms with Crippen molar-refractivity contribution < 1.29 is 29.3 Å². The highest BCUT2D eigenvalue weighted by Crippen LogP contribution is 2.59. The monoisotopic (exact) mass is 408 g/mol. The van der Waals surface area contributed by atoms with E-state index < -0.39 is 47.5 Å². The first-order valence-corrected chi connectivity index (χ1v) is 10.5. The number of ether oxygens (including phenoxy) is 1. The molecule has 3 fully saturated rings. The van der Waals surface area contributed by atoms with Crippen LogP contribution in [0, 0.1) is 11.8 Å². The van der Waals surface area contributed by atoms with Gasteiger partial charge in [0.05, 0.1) is 30.6 Å². The maximum absolute atomic E-state index is 13.8. The summed E-state index contributed by atoms with van der Waals surface area (Å²) in [4.78, 5) is 42.2. The number of nitrogens with zero attached hydrogens (tertiary/aromatic N) is 2. The zero-order chi connectivity index (χ0) is 21.5. The third-order valence-corrected chi connectivity index (χ3v) is 6.84. The summed E-state index contributed by atoms with van der Waals surface area (Å²) in [7, 11) is 0. The summed E-state index contributed by atoms with van der Waals surface area (Å²) in [6, 6.07) is -1.60. The number of rotatable bonds is 9. The zero-order valence-electron chi connectivity index (χ0n) is 17.4. The molecule has 0 saturated carbocycles. The molecule has 7 atom stereocenters. The normalized spacial score (nSPS) is 34.8. The summed E-state index contributed by atoms with van der Waals surface area (Å²) in [5, 5.41) is 19.5. The number of carbonyl (C=O) groups excluding carboxylic acids is 2. The van der Waals surface area contributed by atoms with E-state index in [1.54, 1.807) is 17.9 Å². The number of hydrogen-bond acceptors (Lipinski definition) is 5. The highest BCUT2D eigenvalue weighted by molar-refractivity contribution is 5.98. The van der Waals surface area contributed by atoms with Gasteiger partial charge < -0.3 is 24.7 Å². The molecule has 3 aliphatic heterocycles. The molecule has 0 aromatic heterocycles. The summed E-state index contributed by atoms with van der Waals surface area (Å²) in [5.74, 6) is -3.58. The molecule has 1 unspecified atom stereocenters. The maximum atomic E-state index is 13.8. The fraction of sp³-hybridized carbons (Fsp3) is 0.762. The average Bonchev–Trinajstić information content (AvgIpc) is 3.32. The van der Waals surface area contributed by atoms with Gasteiger partial charge in [0.15, 0.2) is 0 Å². The Labute approximate surface area is 171 Å². The van der Waals surface area contributed by atoms with E-state index in [1.807, 2.05) is 13.8 Å². The van der Waals surface area contributed by atoms with Crippen molar-refractivity contribution in [3.8, 4) is 0 Å². The minimum absolute atomic E-state index is 0.0591. The standard InChI is InChI=1S/C21H32N2O6/c1-5-7-12(3)22(10-6-2)19(26)17-21-9-8-14(29-21)15(20(27)28)16(21)18(25)23(17)13(4)11-24/h6,12-17,24H,2,5,7-11H2,1,3-4H3,(H,27,28)/t12?,13-,14-,15+,16+,17-,21+/m1/s1. The van der Waals surface area contributed by atoms with Crippen LogP contribution in [-0.2, 0) is 19.1 Å². The van der Waals surface area contributed by atoms with Crippen molar-refractivity contribution in [2.75, 3.05) is 13.2 Å². The van der Waals surface area contributed by atoms with E-state index in [2.05, 4.69) is 6.58 Å². The van der Waals surface area contributed by atoms with Crippen LogP contribution >= 0.6 is 0 Å². The van der Waals surface area contributed by atoms with E-state index >= 15 is 0 Å². The van der Waals surface area contributed by atoms with Crippen LogP contribution in [0.25, 0.3) is 0 Å². The molecule has 3 aliphatic rings. The maximum Gasteiger partial charge on any atom is 0.310 e. The Hall–Kier alpha value is -1.93. The first kappa shape index (κ1) is 21.8. The largest absolute Gasteiger partial charge is 0.481 e. The van der Waals surface area contributed by atoms with Gasteiger partial charge in [-0.25, -0.2) is 0 Å². The van der Waals surface area contributed by atoms with Crippen molar-refractivity contribution in [2.24, 2.45) is 11.8 Å². The topological polar surface area (TPSA) is 107 Å². The zero-order valence-corrected chi connectivity index (χ0v) is 17.4. The van der Waals surface area contributed by atoms with Crippen LogP contribution in [0.1, 0.15) is 46.5 Å². The van der Waals surface area contributed by atoms with E-state index in [0.29, 0.717) is 19.4 Å². The molecule has 8 nitrogen and oxygen atoms in total. The Balaban J connectivity index is 2.06. The minimum atomic E-state index is -1.14. The number of carbonyl (C=O) groups is 3. The van der Waals surface area contributed by atoms with E-state index in [1.165, 1.54) is 4.90 Å². The lowest BCUT2D eigenvalue weighted by Crippen LogP contribution is -2.59. The van der Waals surface area contributed by atoms with Gasteiger partial charge in [0.25, 0.3) is 0 Å². The lowest BCUT2D eigenvalue weighted by Gasteiger charge is -2.40. The molecule has 29 heavy (non-hydrogen) atoms. The highest BCUT2D eigenvalue weighted by atomic mass is 16.5. The van der Waals surface area contributed by atoms with Gasteiger partial charge in [-0.05, 0) is 33.1 Å². The van der Waals surface area contributed by atoms with Crippen molar-refractivity contribution in [2.45, 2.75) is 76.3 Å². The second-order valence-corrected chi connectivity index (χ2v) is 8.59. The number of aliphatic hydroxyl groups is 1. The second kappa shape index (κ2) is 8.07. The molecule has 3 heterocycles. The van der Waals surface area contributed by atoms with Crippen molar-refractivity contribution in [3.05, 3.63) is 12.7 Å². The van der Waals surface area contributed by atoms with E-state index in [-0.39, 0.29) is 18.6 Å². The van der Waals surface area contributed by atoms with Gasteiger partial charge in [-0.3, -0.25) is 14.4 Å². The number of fused-ring (bicyclic) bond motifs is 1. The molecular weight excluding hydrogens is 376 g/mol. The number of hydrogen-bond donors (Lipinski definition) is 2. The van der Waals surface area contributed by atoms with Crippen molar-refractivity contribution in [3.63, 3.8) is 0 Å². The lowest BCUT2D eigenvalue weighted by atomic mass is 9.70. The number of aliphatic hydroxyl groups excluding tert-OH is 1. The molecule has 0 aromatic carbocycles. The van der Waals surface area contributed by atoms with Crippen LogP contribution < -0.4 is 0 Å². The summed E-state index contributed by atoms with van der Waals surface area (Å²) in [6.07, 6.45) is 3.78. The minimum Gasteiger partial charge on any atom is -0.481 e. The van der Waals surface area contributed by atoms with Crippen LogP contribution in [0.4, 0.5) is 0 Å². The number of amides is 2. The lowest BCUT2D eigenvalue weighted by molar-refractivity contribution is -0.153. The SMILES string of the molecule is C=CCN(C(=O)[C@H]1N([C@H](C)CO)C(=O)[C@@H]2[C@@H](C(=O)O)[C@H]3CC[C@]21O3)C(C)CCC. The van der Waals surface area contributed by atoms with Gasteiger partial charge in [-0.1, -0.05) is 19.4 Å². The van der Waals surface area contributed by atoms with Crippen molar-refractivity contribution in [1.82, 2.24) is 9.80 Å². The van der Waals surface area contributed by atoms with Gasteiger partial charge in [-0.2, -0.15) is 0 Å². The van der Waals surface area contributed by atoms with Crippen LogP contribution in [0.15, 0.2) is 12.7 Å². The van der Waals surface area contributed by atoms with Gasteiger partial charge in [0.2, 0.25) is 11.8 Å². The van der Waals surface area contributed by atoms with Crippen LogP contribution in [-0.4, -0.2) is 80.8 Å². The van der Waals surface area contributed by atoms with E-state index in [9.17, 15) is 24.6 Å². The molecule has 0 aliphatic carbocycles. The van der Waals surface area contributed by atoms with Gasteiger partial charge >= 0.3 is 5.97 Å². The highest BCUT2D eigenvalue weighted by Gasteiger charge is 2.75. The van der Waals surface area contributed by atoms with Crippen LogP contribution in [0.5, 0.6) is 0 Å². The fourth-order valence-electron chi connectivity index (χ4n) is 5.57.